The number of para-hydroxylation sites is 1. The van der Waals surface area contributed by atoms with Crippen LogP contribution in [0.15, 0.2) is 48.5 Å². The van der Waals surface area contributed by atoms with Gasteiger partial charge in [0.2, 0.25) is 0 Å². The van der Waals surface area contributed by atoms with Gasteiger partial charge in [0.25, 0.3) is 0 Å². The number of hydrogen-bond donors (Lipinski definition) is 0. The minimum atomic E-state index is -2.99. The van der Waals surface area contributed by atoms with Gasteiger partial charge in [-0.3, -0.25) is 4.79 Å². The zero-order chi connectivity index (χ0) is 17.5. The van der Waals surface area contributed by atoms with Crippen LogP contribution in [-0.4, -0.2) is 26.6 Å². The van der Waals surface area contributed by atoms with Crippen molar-refractivity contribution >= 4 is 11.9 Å². The first-order valence-corrected chi connectivity index (χ1v) is 7.03. The molecule has 0 saturated carbocycles. The van der Waals surface area contributed by atoms with Crippen molar-refractivity contribution in [2.45, 2.75) is 6.61 Å². The summed E-state index contributed by atoms with van der Waals surface area (Å²) in [6.45, 7) is -2.99. The first-order chi connectivity index (χ1) is 11.5. The highest BCUT2D eigenvalue weighted by molar-refractivity contribution is 6.07. The third kappa shape index (κ3) is 4.32. The Morgan fingerprint density at radius 1 is 1.04 bits per heavy atom. The maximum Gasteiger partial charge on any atom is 0.387 e. The van der Waals surface area contributed by atoms with E-state index >= 15 is 0 Å². The molecule has 0 aliphatic rings. The second-order valence-electron chi connectivity index (χ2n) is 4.68. The quantitative estimate of drug-likeness (QED) is 0.562. The van der Waals surface area contributed by atoms with Crippen LogP contribution >= 0.6 is 0 Å². The molecule has 0 radical (unpaired) electrons. The Labute approximate surface area is 138 Å². The maximum atomic E-state index is 12.6. The summed E-state index contributed by atoms with van der Waals surface area (Å²) in [6, 6.07) is 11.2. The van der Waals surface area contributed by atoms with Gasteiger partial charge in [-0.2, -0.15) is 8.78 Å². The van der Waals surface area contributed by atoms with E-state index in [4.69, 9.17) is 9.47 Å². The molecule has 2 rings (SSSR count). The van der Waals surface area contributed by atoms with Crippen molar-refractivity contribution in [1.29, 1.82) is 0 Å². The van der Waals surface area contributed by atoms with E-state index < -0.39 is 6.61 Å². The third-order valence-electron chi connectivity index (χ3n) is 3.23. The van der Waals surface area contributed by atoms with E-state index in [9.17, 15) is 13.6 Å². The fourth-order valence-corrected chi connectivity index (χ4v) is 2.06. The molecule has 0 amide bonds. The Hall–Kier alpha value is -2.89. The lowest BCUT2D eigenvalue weighted by Gasteiger charge is -2.12. The lowest BCUT2D eigenvalue weighted by Crippen LogP contribution is -2.05. The van der Waals surface area contributed by atoms with Crippen LogP contribution in [0.25, 0.3) is 6.08 Å². The topological polar surface area (TPSA) is 44.8 Å². The van der Waals surface area contributed by atoms with E-state index in [0.717, 1.165) is 0 Å². The minimum Gasteiger partial charge on any atom is -0.497 e. The molecular weight excluding hydrogens is 318 g/mol. The van der Waals surface area contributed by atoms with Crippen LogP contribution in [0.3, 0.4) is 0 Å². The summed E-state index contributed by atoms with van der Waals surface area (Å²) in [5.41, 5.74) is 0.766. The summed E-state index contributed by atoms with van der Waals surface area (Å²) >= 11 is 0. The second-order valence-corrected chi connectivity index (χ2v) is 4.68. The standard InChI is InChI=1S/C18H16F2O4/c1-22-14-9-6-12(7-10-14)15(21)11-8-13-4-3-5-16(23-2)17(13)24-18(19)20/h3-11,18H,1-2H3/b11-8+. The molecule has 0 fully saturated rings. The van der Waals surface area contributed by atoms with Crippen molar-refractivity contribution in [2.24, 2.45) is 0 Å². The Morgan fingerprint density at radius 3 is 2.33 bits per heavy atom. The summed E-state index contributed by atoms with van der Waals surface area (Å²) in [5.74, 6) is 0.405. The molecule has 0 aromatic heterocycles. The number of benzene rings is 2. The van der Waals surface area contributed by atoms with Crippen molar-refractivity contribution in [3.8, 4) is 17.2 Å². The molecule has 0 heterocycles. The molecule has 0 saturated heterocycles. The Morgan fingerprint density at radius 2 is 1.75 bits per heavy atom. The highest BCUT2D eigenvalue weighted by Crippen LogP contribution is 2.33. The van der Waals surface area contributed by atoms with Crippen molar-refractivity contribution in [2.75, 3.05) is 14.2 Å². The number of hydrogen-bond acceptors (Lipinski definition) is 4. The van der Waals surface area contributed by atoms with Crippen molar-refractivity contribution < 1.29 is 27.8 Å². The summed E-state index contributed by atoms with van der Waals surface area (Å²) in [7, 11) is 2.88. The zero-order valence-corrected chi connectivity index (χ0v) is 13.2. The van der Waals surface area contributed by atoms with Gasteiger partial charge in [-0.1, -0.05) is 12.1 Å². The van der Waals surface area contributed by atoms with Crippen LogP contribution in [0.4, 0.5) is 8.78 Å². The van der Waals surface area contributed by atoms with Gasteiger partial charge in [0, 0.05) is 11.1 Å². The lowest BCUT2D eigenvalue weighted by molar-refractivity contribution is -0.0513. The Balaban J connectivity index is 2.25. The fourth-order valence-electron chi connectivity index (χ4n) is 2.06. The molecule has 126 valence electrons. The van der Waals surface area contributed by atoms with Gasteiger partial charge < -0.3 is 14.2 Å². The van der Waals surface area contributed by atoms with Gasteiger partial charge in [-0.25, -0.2) is 0 Å². The normalized spacial score (nSPS) is 10.9. The van der Waals surface area contributed by atoms with E-state index in [1.165, 1.54) is 32.4 Å². The first kappa shape index (κ1) is 17.5. The molecule has 0 unspecified atom stereocenters. The Kier molecular flexibility index (Phi) is 5.89. The summed E-state index contributed by atoms with van der Waals surface area (Å²) < 4.78 is 39.7. The number of methoxy groups -OCH3 is 2. The smallest absolute Gasteiger partial charge is 0.387 e. The van der Waals surface area contributed by atoms with Crippen LogP contribution in [0.5, 0.6) is 17.2 Å². The van der Waals surface area contributed by atoms with Gasteiger partial charge in [-0.05, 0) is 42.5 Å². The largest absolute Gasteiger partial charge is 0.497 e. The number of rotatable bonds is 7. The number of carbonyl (C=O) groups excluding carboxylic acids is 1. The van der Waals surface area contributed by atoms with Crippen LogP contribution in [0.2, 0.25) is 0 Å². The fraction of sp³-hybridized carbons (Fsp3) is 0.167. The van der Waals surface area contributed by atoms with E-state index in [1.54, 1.807) is 36.4 Å². The van der Waals surface area contributed by atoms with Gasteiger partial charge >= 0.3 is 6.61 Å². The lowest BCUT2D eigenvalue weighted by atomic mass is 10.1. The molecule has 6 heteroatoms. The highest BCUT2D eigenvalue weighted by atomic mass is 19.3. The van der Waals surface area contributed by atoms with E-state index in [2.05, 4.69) is 4.74 Å². The predicted octanol–water partition coefficient (Wildman–Crippen LogP) is 4.20. The maximum absolute atomic E-state index is 12.6. The first-order valence-electron chi connectivity index (χ1n) is 7.03. The molecular formula is C18H16F2O4. The molecule has 2 aromatic carbocycles. The average Bonchev–Trinajstić information content (AvgIpc) is 2.60. The SMILES string of the molecule is COc1ccc(C(=O)/C=C/c2cccc(OC)c2OC(F)F)cc1. The zero-order valence-electron chi connectivity index (χ0n) is 13.2. The number of alkyl halides is 2. The monoisotopic (exact) mass is 334 g/mol. The molecule has 0 atom stereocenters. The van der Waals surface area contributed by atoms with E-state index in [-0.39, 0.29) is 17.3 Å². The van der Waals surface area contributed by atoms with E-state index in [0.29, 0.717) is 16.9 Å². The van der Waals surface area contributed by atoms with Gasteiger partial charge in [0.1, 0.15) is 5.75 Å². The molecule has 2 aromatic rings. The number of carbonyl (C=O) groups is 1. The molecule has 0 aliphatic heterocycles. The van der Waals surface area contributed by atoms with Crippen LogP contribution < -0.4 is 14.2 Å². The van der Waals surface area contributed by atoms with Gasteiger partial charge in [0.05, 0.1) is 14.2 Å². The van der Waals surface area contributed by atoms with Crippen LogP contribution in [0.1, 0.15) is 15.9 Å². The number of halogens is 2. The molecule has 0 N–H and O–H groups in total. The minimum absolute atomic E-state index is 0.117. The highest BCUT2D eigenvalue weighted by Gasteiger charge is 2.14. The second kappa shape index (κ2) is 8.10. The third-order valence-corrected chi connectivity index (χ3v) is 3.23. The average molecular weight is 334 g/mol. The Bertz CT molecular complexity index is 724. The number of ketones is 1. The van der Waals surface area contributed by atoms with Gasteiger partial charge in [0.15, 0.2) is 17.3 Å². The summed E-state index contributed by atoms with van der Waals surface area (Å²) in [4.78, 5) is 12.2. The summed E-state index contributed by atoms with van der Waals surface area (Å²) in [5, 5.41) is 0. The molecule has 0 bridgehead atoms. The number of ether oxygens (including phenoxy) is 3. The van der Waals surface area contributed by atoms with Crippen molar-refractivity contribution in [3.05, 3.63) is 59.7 Å². The molecule has 0 aliphatic carbocycles. The summed E-state index contributed by atoms with van der Waals surface area (Å²) in [6.07, 6.45) is 2.70. The molecule has 24 heavy (non-hydrogen) atoms. The molecule has 4 nitrogen and oxygen atoms in total. The van der Waals surface area contributed by atoms with Crippen LogP contribution in [0, 0.1) is 0 Å². The van der Waals surface area contributed by atoms with Crippen LogP contribution in [-0.2, 0) is 0 Å². The molecule has 0 spiro atoms. The van der Waals surface area contributed by atoms with Gasteiger partial charge in [-0.15, -0.1) is 0 Å². The predicted molar refractivity (Wildman–Crippen MR) is 86.0 cm³/mol. The van der Waals surface area contributed by atoms with E-state index in [1.807, 2.05) is 0 Å². The van der Waals surface area contributed by atoms with Crippen molar-refractivity contribution in [3.63, 3.8) is 0 Å². The number of allylic oxidation sites excluding steroid dienone is 1. The van der Waals surface area contributed by atoms with Crippen molar-refractivity contribution in [1.82, 2.24) is 0 Å².